The van der Waals surface area contributed by atoms with E-state index in [0.29, 0.717) is 0 Å². The molecule has 0 aromatic heterocycles. The number of hydrogen-bond acceptors (Lipinski definition) is 0. The lowest BCUT2D eigenvalue weighted by Gasteiger charge is -2.32. The molecule has 0 N–H and O–H groups in total. The first-order valence-electron chi connectivity index (χ1n) is 9.45. The van der Waals surface area contributed by atoms with Gasteiger partial charge in [-0.05, 0) is 48.6 Å². The van der Waals surface area contributed by atoms with Gasteiger partial charge in [-0.3, -0.25) is 0 Å². The molecule has 2 unspecified atom stereocenters. The minimum absolute atomic E-state index is 0.847. The summed E-state index contributed by atoms with van der Waals surface area (Å²) in [5, 5.41) is 0. The van der Waals surface area contributed by atoms with Gasteiger partial charge in [0.25, 0.3) is 0 Å². The summed E-state index contributed by atoms with van der Waals surface area (Å²) in [6.07, 6.45) is 15.5. The highest BCUT2D eigenvalue weighted by Crippen LogP contribution is 2.43. The van der Waals surface area contributed by atoms with Crippen molar-refractivity contribution in [1.29, 1.82) is 0 Å². The maximum Gasteiger partial charge on any atom is -0.0159 e. The van der Waals surface area contributed by atoms with Crippen molar-refractivity contribution in [1.82, 2.24) is 0 Å². The van der Waals surface area contributed by atoms with Gasteiger partial charge < -0.3 is 0 Å². The van der Waals surface area contributed by atoms with Gasteiger partial charge in [-0.1, -0.05) is 83.1 Å². The average molecular weight is 287 g/mol. The summed E-state index contributed by atoms with van der Waals surface area (Å²) in [6.45, 7) is 4.61. The predicted octanol–water partition coefficient (Wildman–Crippen LogP) is 7.20. The first-order valence-corrected chi connectivity index (χ1v) is 9.45. The van der Waals surface area contributed by atoms with Crippen molar-refractivity contribution in [3.05, 3.63) is 35.4 Å². The van der Waals surface area contributed by atoms with Crippen LogP contribution in [0.1, 0.15) is 107 Å². The topological polar surface area (TPSA) is 0 Å². The molecule has 0 heterocycles. The lowest BCUT2D eigenvalue weighted by molar-refractivity contribution is 0.424. The second-order valence-electron chi connectivity index (χ2n) is 6.95. The number of fused-ring (bicyclic) bond motifs is 1. The molecule has 0 radical (unpaired) electrons. The zero-order chi connectivity index (χ0) is 14.9. The molecule has 1 aromatic carbocycles. The van der Waals surface area contributed by atoms with Crippen LogP contribution in [0.3, 0.4) is 0 Å². The second-order valence-corrected chi connectivity index (χ2v) is 6.95. The van der Waals surface area contributed by atoms with Gasteiger partial charge in [0.2, 0.25) is 0 Å². The largest absolute Gasteiger partial charge is 0.0654 e. The van der Waals surface area contributed by atoms with Gasteiger partial charge in [-0.2, -0.15) is 0 Å². The summed E-state index contributed by atoms with van der Waals surface area (Å²) in [5.41, 5.74) is 3.39. The van der Waals surface area contributed by atoms with E-state index in [2.05, 4.69) is 38.1 Å². The molecule has 1 aliphatic carbocycles. The molecule has 21 heavy (non-hydrogen) atoms. The Bertz CT molecular complexity index is 393. The van der Waals surface area contributed by atoms with E-state index in [0.717, 1.165) is 11.8 Å². The van der Waals surface area contributed by atoms with Crippen molar-refractivity contribution in [3.8, 4) is 0 Å². The number of unbranched alkanes of at least 4 members (excludes halogenated alkanes) is 5. The summed E-state index contributed by atoms with van der Waals surface area (Å²) in [4.78, 5) is 0. The van der Waals surface area contributed by atoms with Crippen molar-refractivity contribution >= 4 is 0 Å². The molecule has 2 rings (SSSR count). The van der Waals surface area contributed by atoms with Gasteiger partial charge in [0.05, 0.1) is 0 Å². The second kappa shape index (κ2) is 9.28. The Morgan fingerprint density at radius 1 is 0.714 bits per heavy atom. The van der Waals surface area contributed by atoms with E-state index in [1.54, 1.807) is 11.1 Å². The Morgan fingerprint density at radius 2 is 1.19 bits per heavy atom. The zero-order valence-electron chi connectivity index (χ0n) is 14.2. The number of hydrogen-bond donors (Lipinski definition) is 0. The molecule has 1 aliphatic rings. The van der Waals surface area contributed by atoms with Crippen LogP contribution in [0.2, 0.25) is 0 Å². The molecule has 0 saturated heterocycles. The van der Waals surface area contributed by atoms with Crippen LogP contribution in [-0.2, 0) is 0 Å². The van der Waals surface area contributed by atoms with Gasteiger partial charge in [0, 0.05) is 0 Å². The molecule has 0 spiro atoms. The molecule has 118 valence electrons. The quantitative estimate of drug-likeness (QED) is 0.421. The molecule has 0 nitrogen and oxygen atoms in total. The van der Waals surface area contributed by atoms with Crippen molar-refractivity contribution in [2.75, 3.05) is 0 Å². The van der Waals surface area contributed by atoms with Crippen LogP contribution in [0.15, 0.2) is 24.3 Å². The zero-order valence-corrected chi connectivity index (χ0v) is 14.2. The maximum atomic E-state index is 2.42. The monoisotopic (exact) mass is 286 g/mol. The molecule has 0 amide bonds. The molecule has 0 bridgehead atoms. The third-order valence-corrected chi connectivity index (χ3v) is 5.30. The summed E-state index contributed by atoms with van der Waals surface area (Å²) in [7, 11) is 0. The number of rotatable bonds is 9. The molecule has 2 atom stereocenters. The third kappa shape index (κ3) is 4.87. The highest BCUT2D eigenvalue weighted by atomic mass is 14.3. The predicted molar refractivity (Wildman–Crippen MR) is 94.1 cm³/mol. The van der Waals surface area contributed by atoms with Crippen molar-refractivity contribution in [2.24, 2.45) is 0 Å². The van der Waals surface area contributed by atoms with Gasteiger partial charge in [0.15, 0.2) is 0 Å². The third-order valence-electron chi connectivity index (χ3n) is 5.30. The normalized spacial score (nSPS) is 21.2. The number of benzene rings is 1. The van der Waals surface area contributed by atoms with E-state index in [4.69, 9.17) is 0 Å². The summed E-state index contributed by atoms with van der Waals surface area (Å²) in [6, 6.07) is 9.35. The smallest absolute Gasteiger partial charge is 0.0159 e. The van der Waals surface area contributed by atoms with Gasteiger partial charge in [0.1, 0.15) is 0 Å². The van der Waals surface area contributed by atoms with Crippen molar-refractivity contribution in [3.63, 3.8) is 0 Å². The fourth-order valence-corrected chi connectivity index (χ4v) is 4.03. The Balaban J connectivity index is 1.95. The first kappa shape index (κ1) is 16.6. The van der Waals surface area contributed by atoms with Crippen molar-refractivity contribution in [2.45, 2.75) is 96.3 Å². The van der Waals surface area contributed by atoms with E-state index in [1.165, 1.54) is 70.6 Å². The lowest BCUT2D eigenvalue weighted by atomic mass is 9.73. The average Bonchev–Trinajstić information content (AvgIpc) is 2.53. The van der Waals surface area contributed by atoms with E-state index >= 15 is 0 Å². The van der Waals surface area contributed by atoms with E-state index in [1.807, 2.05) is 0 Å². The van der Waals surface area contributed by atoms with Crippen LogP contribution in [0.5, 0.6) is 0 Å². The molecule has 0 saturated carbocycles. The Morgan fingerprint density at radius 3 is 1.71 bits per heavy atom. The fraction of sp³-hybridized carbons (Fsp3) is 0.714. The van der Waals surface area contributed by atoms with E-state index in [-0.39, 0.29) is 0 Å². The van der Waals surface area contributed by atoms with Crippen LogP contribution in [0.4, 0.5) is 0 Å². The van der Waals surface area contributed by atoms with Crippen LogP contribution < -0.4 is 0 Å². The molecule has 0 aliphatic heterocycles. The fourth-order valence-electron chi connectivity index (χ4n) is 4.03. The van der Waals surface area contributed by atoms with Crippen LogP contribution in [-0.4, -0.2) is 0 Å². The highest BCUT2D eigenvalue weighted by molar-refractivity contribution is 5.35. The minimum atomic E-state index is 0.847. The SMILES string of the molecule is CCCCCCC1CCC(CCCCC)c2ccccc21. The lowest BCUT2D eigenvalue weighted by Crippen LogP contribution is -2.14. The highest BCUT2D eigenvalue weighted by Gasteiger charge is 2.25. The molecular formula is C21H34. The Hall–Kier alpha value is -0.780. The Labute approximate surface area is 132 Å². The Kier molecular flexibility index (Phi) is 7.33. The summed E-state index contributed by atoms with van der Waals surface area (Å²) >= 11 is 0. The van der Waals surface area contributed by atoms with Gasteiger partial charge >= 0.3 is 0 Å². The molecule has 1 aromatic rings. The molecule has 0 heteroatoms. The molecular weight excluding hydrogens is 252 g/mol. The van der Waals surface area contributed by atoms with E-state index in [9.17, 15) is 0 Å². The minimum Gasteiger partial charge on any atom is -0.0654 e. The summed E-state index contributed by atoms with van der Waals surface area (Å²) in [5.74, 6) is 1.69. The van der Waals surface area contributed by atoms with Crippen LogP contribution in [0, 0.1) is 0 Å². The maximum absolute atomic E-state index is 2.42. The summed E-state index contributed by atoms with van der Waals surface area (Å²) < 4.78 is 0. The first-order chi connectivity index (χ1) is 10.4. The molecule has 0 fully saturated rings. The van der Waals surface area contributed by atoms with Crippen molar-refractivity contribution < 1.29 is 0 Å². The van der Waals surface area contributed by atoms with Gasteiger partial charge in [-0.25, -0.2) is 0 Å². The van der Waals surface area contributed by atoms with E-state index < -0.39 is 0 Å². The van der Waals surface area contributed by atoms with Crippen LogP contribution in [0.25, 0.3) is 0 Å². The van der Waals surface area contributed by atoms with Gasteiger partial charge in [-0.15, -0.1) is 0 Å². The van der Waals surface area contributed by atoms with Crippen LogP contribution >= 0.6 is 0 Å². The standard InChI is InChI=1S/C21H34/c1-3-5-7-9-13-19-17-16-18(12-8-6-4-2)20-14-10-11-15-21(19)20/h10-11,14-15,18-19H,3-9,12-13,16-17H2,1-2H3.